The molecule has 0 fully saturated rings. The Morgan fingerprint density at radius 1 is 1.24 bits per heavy atom. The highest BCUT2D eigenvalue weighted by molar-refractivity contribution is 7.19. The second kappa shape index (κ2) is 5.47. The average Bonchev–Trinajstić information content (AvgIpc) is 3.07. The van der Waals surface area contributed by atoms with Gasteiger partial charge in [-0.3, -0.25) is 4.79 Å². The molecule has 3 nitrogen and oxygen atoms in total. The molecule has 0 amide bonds. The maximum Gasteiger partial charge on any atom is 0.153 e. The van der Waals surface area contributed by atoms with Crippen LogP contribution in [-0.4, -0.2) is 16.1 Å². The summed E-state index contributed by atoms with van der Waals surface area (Å²) in [5.41, 5.74) is 4.47. The molecule has 0 saturated heterocycles. The zero-order valence-corrected chi connectivity index (χ0v) is 13.2. The van der Waals surface area contributed by atoms with Gasteiger partial charge in [0.1, 0.15) is 5.69 Å². The van der Waals surface area contributed by atoms with Crippen LogP contribution < -0.4 is 0 Å². The van der Waals surface area contributed by atoms with Gasteiger partial charge in [-0.15, -0.1) is 11.3 Å². The first-order valence-electron chi connectivity index (χ1n) is 6.46. The number of rotatable bonds is 3. The standard InChI is InChI=1S/C16H13ClN2OS/c1-10-3-4-11(2)13(7-10)19-8-12(9-20)16(18-19)14-5-6-15(17)21-14/h3-9H,1-2H3. The molecule has 0 spiro atoms. The molecular formula is C16H13ClN2OS. The van der Waals surface area contributed by atoms with E-state index in [2.05, 4.69) is 23.3 Å². The van der Waals surface area contributed by atoms with Gasteiger partial charge in [0.15, 0.2) is 6.29 Å². The fourth-order valence-electron chi connectivity index (χ4n) is 2.20. The number of nitrogens with zero attached hydrogens (tertiary/aromatic N) is 2. The second-order valence-corrected chi connectivity index (χ2v) is 6.60. The van der Waals surface area contributed by atoms with Gasteiger partial charge >= 0.3 is 0 Å². The Balaban J connectivity index is 2.15. The van der Waals surface area contributed by atoms with E-state index >= 15 is 0 Å². The van der Waals surface area contributed by atoms with Crippen LogP contribution in [0, 0.1) is 13.8 Å². The zero-order chi connectivity index (χ0) is 15.0. The first kappa shape index (κ1) is 14.0. The van der Waals surface area contributed by atoms with E-state index in [1.165, 1.54) is 11.3 Å². The number of aldehydes is 1. The van der Waals surface area contributed by atoms with E-state index in [-0.39, 0.29) is 0 Å². The van der Waals surface area contributed by atoms with Crippen molar-refractivity contribution < 1.29 is 4.79 Å². The molecule has 0 aliphatic rings. The van der Waals surface area contributed by atoms with Crippen molar-refractivity contribution in [1.29, 1.82) is 0 Å². The van der Waals surface area contributed by atoms with Gasteiger partial charge in [-0.2, -0.15) is 5.10 Å². The Morgan fingerprint density at radius 2 is 2.05 bits per heavy atom. The minimum atomic E-state index is 0.564. The molecule has 106 valence electrons. The first-order chi connectivity index (χ1) is 10.1. The molecule has 0 aliphatic carbocycles. The molecule has 2 aromatic heterocycles. The summed E-state index contributed by atoms with van der Waals surface area (Å²) in [4.78, 5) is 12.2. The fourth-order valence-corrected chi connectivity index (χ4v) is 3.25. The Labute approximate surface area is 131 Å². The lowest BCUT2D eigenvalue weighted by atomic mass is 10.1. The molecule has 3 aromatic rings. The zero-order valence-electron chi connectivity index (χ0n) is 11.6. The summed E-state index contributed by atoms with van der Waals surface area (Å²) in [7, 11) is 0. The largest absolute Gasteiger partial charge is 0.298 e. The van der Waals surface area contributed by atoms with Gasteiger partial charge in [0.25, 0.3) is 0 Å². The molecule has 1 aromatic carbocycles. The molecule has 0 aliphatic heterocycles. The van der Waals surface area contributed by atoms with Gasteiger partial charge in [0.2, 0.25) is 0 Å². The lowest BCUT2D eigenvalue weighted by Crippen LogP contribution is -1.98. The van der Waals surface area contributed by atoms with Crippen LogP contribution in [0.2, 0.25) is 4.34 Å². The van der Waals surface area contributed by atoms with Crippen LogP contribution in [0.15, 0.2) is 36.5 Å². The van der Waals surface area contributed by atoms with Gasteiger partial charge in [0, 0.05) is 6.20 Å². The minimum absolute atomic E-state index is 0.564. The highest BCUT2D eigenvalue weighted by atomic mass is 35.5. The first-order valence-corrected chi connectivity index (χ1v) is 7.66. The van der Waals surface area contributed by atoms with Crippen molar-refractivity contribution >= 4 is 29.2 Å². The summed E-state index contributed by atoms with van der Waals surface area (Å²) in [5, 5.41) is 4.57. The van der Waals surface area contributed by atoms with E-state index in [0.29, 0.717) is 15.6 Å². The second-order valence-electron chi connectivity index (χ2n) is 4.89. The lowest BCUT2D eigenvalue weighted by molar-refractivity contribution is 0.112. The molecular weight excluding hydrogens is 304 g/mol. The van der Waals surface area contributed by atoms with E-state index in [4.69, 9.17) is 11.6 Å². The molecule has 21 heavy (non-hydrogen) atoms. The van der Waals surface area contributed by atoms with Crippen molar-refractivity contribution in [3.8, 4) is 16.3 Å². The maximum atomic E-state index is 11.3. The molecule has 0 saturated carbocycles. The van der Waals surface area contributed by atoms with Crippen molar-refractivity contribution in [1.82, 2.24) is 9.78 Å². The van der Waals surface area contributed by atoms with E-state index in [1.54, 1.807) is 10.9 Å². The fraction of sp³-hybridized carbons (Fsp3) is 0.125. The summed E-state index contributed by atoms with van der Waals surface area (Å²) in [5.74, 6) is 0. The van der Waals surface area contributed by atoms with Crippen LogP contribution in [-0.2, 0) is 0 Å². The molecule has 0 atom stereocenters. The highest BCUT2D eigenvalue weighted by Crippen LogP contribution is 2.32. The number of aromatic nitrogens is 2. The van der Waals surface area contributed by atoms with Crippen LogP contribution in [0.3, 0.4) is 0 Å². The third-order valence-electron chi connectivity index (χ3n) is 3.29. The molecule has 0 unspecified atom stereocenters. The summed E-state index contributed by atoms with van der Waals surface area (Å²) in [6.07, 6.45) is 2.59. The van der Waals surface area contributed by atoms with Crippen LogP contribution in [0.4, 0.5) is 0 Å². The summed E-state index contributed by atoms with van der Waals surface area (Å²) >= 11 is 7.39. The number of halogens is 1. The van der Waals surface area contributed by atoms with Crippen molar-refractivity contribution in [2.24, 2.45) is 0 Å². The van der Waals surface area contributed by atoms with Crippen LogP contribution in [0.1, 0.15) is 21.5 Å². The normalized spacial score (nSPS) is 10.8. The van der Waals surface area contributed by atoms with Crippen LogP contribution >= 0.6 is 22.9 Å². The van der Waals surface area contributed by atoms with Crippen molar-refractivity contribution in [3.05, 3.63) is 57.6 Å². The predicted octanol–water partition coefficient (Wildman–Crippen LogP) is 4.68. The average molecular weight is 317 g/mol. The van der Waals surface area contributed by atoms with E-state index in [0.717, 1.165) is 28.0 Å². The molecule has 3 rings (SSSR count). The van der Waals surface area contributed by atoms with Gasteiger partial charge < -0.3 is 0 Å². The van der Waals surface area contributed by atoms with E-state index in [9.17, 15) is 4.79 Å². The monoisotopic (exact) mass is 316 g/mol. The van der Waals surface area contributed by atoms with Crippen molar-refractivity contribution in [2.45, 2.75) is 13.8 Å². The molecule has 2 heterocycles. The van der Waals surface area contributed by atoms with Crippen LogP contribution in [0.5, 0.6) is 0 Å². The third-order valence-corrected chi connectivity index (χ3v) is 4.53. The third kappa shape index (κ3) is 2.64. The predicted molar refractivity (Wildman–Crippen MR) is 86.7 cm³/mol. The Hall–Kier alpha value is -1.91. The summed E-state index contributed by atoms with van der Waals surface area (Å²) < 4.78 is 2.44. The Morgan fingerprint density at radius 3 is 2.71 bits per heavy atom. The quantitative estimate of drug-likeness (QED) is 0.657. The summed E-state index contributed by atoms with van der Waals surface area (Å²) in [6, 6.07) is 9.86. The number of carbonyl (C=O) groups is 1. The maximum absolute atomic E-state index is 11.3. The molecule has 0 N–H and O–H groups in total. The van der Waals surface area contributed by atoms with Crippen molar-refractivity contribution in [2.75, 3.05) is 0 Å². The molecule has 0 bridgehead atoms. The number of aryl methyl sites for hydroxylation is 2. The SMILES string of the molecule is Cc1ccc(C)c(-n2cc(C=O)c(-c3ccc(Cl)s3)n2)c1. The molecule has 5 heteroatoms. The summed E-state index contributed by atoms with van der Waals surface area (Å²) in [6.45, 7) is 4.06. The topological polar surface area (TPSA) is 34.9 Å². The van der Waals surface area contributed by atoms with E-state index < -0.39 is 0 Å². The van der Waals surface area contributed by atoms with Gasteiger partial charge in [-0.05, 0) is 43.2 Å². The Kier molecular flexibility index (Phi) is 3.66. The van der Waals surface area contributed by atoms with Gasteiger partial charge in [-0.25, -0.2) is 4.68 Å². The van der Waals surface area contributed by atoms with E-state index in [1.807, 2.05) is 26.0 Å². The van der Waals surface area contributed by atoms with Gasteiger partial charge in [-0.1, -0.05) is 23.7 Å². The Bertz CT molecular complexity index is 820. The minimum Gasteiger partial charge on any atom is -0.298 e. The number of carbonyl (C=O) groups excluding carboxylic acids is 1. The lowest BCUT2D eigenvalue weighted by Gasteiger charge is -2.06. The van der Waals surface area contributed by atoms with Crippen molar-refractivity contribution in [3.63, 3.8) is 0 Å². The number of thiophene rings is 1. The smallest absolute Gasteiger partial charge is 0.153 e. The van der Waals surface area contributed by atoms with Gasteiger partial charge in [0.05, 0.1) is 20.5 Å². The number of hydrogen-bond acceptors (Lipinski definition) is 3. The molecule has 0 radical (unpaired) electrons. The van der Waals surface area contributed by atoms with Crippen LogP contribution in [0.25, 0.3) is 16.3 Å². The highest BCUT2D eigenvalue weighted by Gasteiger charge is 2.14. The number of benzene rings is 1. The number of hydrogen-bond donors (Lipinski definition) is 0.